The maximum Gasteiger partial charge on any atom is 0.338 e. The van der Waals surface area contributed by atoms with Crippen molar-refractivity contribution in [1.29, 1.82) is 0 Å². The number of rotatable bonds is 7. The summed E-state index contributed by atoms with van der Waals surface area (Å²) >= 11 is 7.42. The average molecular weight is 459 g/mol. The topological polar surface area (TPSA) is 68.2 Å². The number of thioether (sulfide) groups is 1. The van der Waals surface area contributed by atoms with Crippen LogP contribution in [0.25, 0.3) is 6.08 Å². The zero-order valence-corrected chi connectivity index (χ0v) is 19.1. The molecule has 8 heteroatoms. The van der Waals surface area contributed by atoms with E-state index in [1.165, 1.54) is 11.8 Å². The van der Waals surface area contributed by atoms with E-state index in [0.717, 1.165) is 5.56 Å². The van der Waals surface area contributed by atoms with E-state index in [2.05, 4.69) is 4.99 Å². The molecule has 0 radical (unpaired) electrons. The molecule has 2 aromatic rings. The normalized spacial score (nSPS) is 16.3. The van der Waals surface area contributed by atoms with Crippen molar-refractivity contribution in [3.8, 4) is 5.75 Å². The second kappa shape index (κ2) is 10.5. The summed E-state index contributed by atoms with van der Waals surface area (Å²) in [5.41, 5.74) is 1.71. The Balaban J connectivity index is 1.94. The van der Waals surface area contributed by atoms with Crippen LogP contribution in [-0.4, -0.2) is 41.7 Å². The van der Waals surface area contributed by atoms with Crippen LogP contribution in [0.4, 0.5) is 5.69 Å². The SMILES string of the molecule is CCOC(=O)c1cccc(N=C2SC(=Cc3cc(Cl)ccc3OCC)C(=O)N2CC)c1. The quantitative estimate of drug-likeness (QED) is 0.402. The van der Waals surface area contributed by atoms with Crippen molar-refractivity contribution in [3.63, 3.8) is 0 Å². The second-order valence-electron chi connectivity index (χ2n) is 6.44. The van der Waals surface area contributed by atoms with Crippen LogP contribution in [0.2, 0.25) is 5.02 Å². The van der Waals surface area contributed by atoms with Crippen molar-refractivity contribution < 1.29 is 19.1 Å². The van der Waals surface area contributed by atoms with E-state index in [1.54, 1.807) is 60.4 Å². The Morgan fingerprint density at radius 1 is 1.16 bits per heavy atom. The summed E-state index contributed by atoms with van der Waals surface area (Å²) in [5.74, 6) is 0.107. The maximum atomic E-state index is 13.0. The van der Waals surface area contributed by atoms with Crippen molar-refractivity contribution in [2.45, 2.75) is 20.8 Å². The third-order valence-corrected chi connectivity index (χ3v) is 5.59. The fourth-order valence-corrected chi connectivity index (χ4v) is 4.19. The number of carbonyl (C=O) groups is 2. The first kappa shape index (κ1) is 22.9. The Bertz CT molecular complexity index is 1050. The standard InChI is InChI=1S/C23H23ClN2O4S/c1-4-26-21(27)20(14-16-12-17(24)10-11-19(16)29-5-2)31-23(26)25-18-9-7-8-15(13-18)22(28)30-6-3/h7-14H,4-6H2,1-3H3. The van der Waals surface area contributed by atoms with Crippen molar-refractivity contribution in [3.05, 3.63) is 63.5 Å². The van der Waals surface area contributed by atoms with E-state index >= 15 is 0 Å². The number of ether oxygens (including phenoxy) is 2. The second-order valence-corrected chi connectivity index (χ2v) is 7.89. The molecule has 0 aliphatic carbocycles. The number of nitrogens with zero attached hydrogens (tertiary/aromatic N) is 2. The first-order chi connectivity index (χ1) is 15.0. The molecule has 0 aromatic heterocycles. The van der Waals surface area contributed by atoms with Crippen molar-refractivity contribution in [2.24, 2.45) is 4.99 Å². The molecule has 1 fully saturated rings. The lowest BCUT2D eigenvalue weighted by atomic mass is 10.2. The summed E-state index contributed by atoms with van der Waals surface area (Å²) in [6, 6.07) is 12.1. The largest absolute Gasteiger partial charge is 0.493 e. The zero-order chi connectivity index (χ0) is 22.4. The number of esters is 1. The Hall–Kier alpha value is -2.77. The molecular formula is C23H23ClN2O4S. The molecule has 162 valence electrons. The van der Waals surface area contributed by atoms with E-state index in [-0.39, 0.29) is 5.91 Å². The molecule has 1 heterocycles. The lowest BCUT2D eigenvalue weighted by molar-refractivity contribution is -0.122. The lowest BCUT2D eigenvalue weighted by Gasteiger charge is -2.12. The highest BCUT2D eigenvalue weighted by Gasteiger charge is 2.32. The Morgan fingerprint density at radius 2 is 1.97 bits per heavy atom. The van der Waals surface area contributed by atoms with Crippen LogP contribution in [0.3, 0.4) is 0 Å². The van der Waals surface area contributed by atoms with Gasteiger partial charge in [-0.25, -0.2) is 9.79 Å². The summed E-state index contributed by atoms with van der Waals surface area (Å²) in [5, 5.41) is 1.10. The number of benzene rings is 2. The molecule has 1 amide bonds. The molecule has 0 bridgehead atoms. The van der Waals surface area contributed by atoms with Gasteiger partial charge in [0, 0.05) is 17.1 Å². The summed E-state index contributed by atoms with van der Waals surface area (Å²) in [4.78, 5) is 31.7. The van der Waals surface area contributed by atoms with Crippen LogP contribution in [0.15, 0.2) is 52.4 Å². The molecule has 1 saturated heterocycles. The number of amides is 1. The van der Waals surface area contributed by atoms with E-state index in [0.29, 0.717) is 51.9 Å². The number of amidine groups is 1. The number of aliphatic imine (C=N–C) groups is 1. The smallest absolute Gasteiger partial charge is 0.338 e. The van der Waals surface area contributed by atoms with Gasteiger partial charge in [-0.2, -0.15) is 0 Å². The number of likely N-dealkylation sites (N-methyl/N-ethyl adjacent to an activating group) is 1. The number of hydrogen-bond acceptors (Lipinski definition) is 6. The van der Waals surface area contributed by atoms with Gasteiger partial charge in [-0.3, -0.25) is 9.69 Å². The van der Waals surface area contributed by atoms with Crippen LogP contribution in [0.5, 0.6) is 5.75 Å². The van der Waals surface area contributed by atoms with Gasteiger partial charge in [0.1, 0.15) is 5.75 Å². The fourth-order valence-electron chi connectivity index (χ4n) is 2.96. The van der Waals surface area contributed by atoms with Crippen molar-refractivity contribution in [1.82, 2.24) is 4.90 Å². The van der Waals surface area contributed by atoms with Gasteiger partial charge < -0.3 is 9.47 Å². The molecule has 31 heavy (non-hydrogen) atoms. The predicted molar refractivity (Wildman–Crippen MR) is 125 cm³/mol. The fraction of sp³-hybridized carbons (Fsp3) is 0.261. The van der Waals surface area contributed by atoms with E-state index in [4.69, 9.17) is 21.1 Å². The highest BCUT2D eigenvalue weighted by atomic mass is 35.5. The Labute approximate surface area is 190 Å². The van der Waals surface area contributed by atoms with Gasteiger partial charge in [0.2, 0.25) is 0 Å². The molecule has 0 saturated carbocycles. The monoisotopic (exact) mass is 458 g/mol. The Kier molecular flexibility index (Phi) is 7.76. The maximum absolute atomic E-state index is 13.0. The van der Waals surface area contributed by atoms with Crippen LogP contribution in [0.1, 0.15) is 36.7 Å². The summed E-state index contributed by atoms with van der Waals surface area (Å²) < 4.78 is 10.7. The van der Waals surface area contributed by atoms with Crippen molar-refractivity contribution >= 4 is 52.2 Å². The summed E-state index contributed by atoms with van der Waals surface area (Å²) in [6.45, 7) is 6.81. The molecule has 0 spiro atoms. The molecular weight excluding hydrogens is 436 g/mol. The van der Waals surface area contributed by atoms with Crippen molar-refractivity contribution in [2.75, 3.05) is 19.8 Å². The minimum absolute atomic E-state index is 0.143. The molecule has 2 aromatic carbocycles. The van der Waals surface area contributed by atoms with Crippen LogP contribution >= 0.6 is 23.4 Å². The number of halogens is 1. The van der Waals surface area contributed by atoms with E-state index in [9.17, 15) is 9.59 Å². The molecule has 1 aliphatic heterocycles. The molecule has 0 unspecified atom stereocenters. The molecule has 1 aliphatic rings. The van der Waals surface area contributed by atoms with Gasteiger partial charge in [0.25, 0.3) is 5.91 Å². The van der Waals surface area contributed by atoms with Gasteiger partial charge in [0.15, 0.2) is 5.17 Å². The third-order valence-electron chi connectivity index (χ3n) is 4.34. The predicted octanol–water partition coefficient (Wildman–Crippen LogP) is 5.54. The van der Waals surface area contributed by atoms with Gasteiger partial charge in [-0.15, -0.1) is 0 Å². The van der Waals surface area contributed by atoms with Gasteiger partial charge in [-0.05, 0) is 75.0 Å². The Morgan fingerprint density at radius 3 is 2.68 bits per heavy atom. The third kappa shape index (κ3) is 5.48. The molecule has 0 N–H and O–H groups in total. The minimum Gasteiger partial charge on any atom is -0.493 e. The first-order valence-corrected chi connectivity index (χ1v) is 11.2. The minimum atomic E-state index is -0.406. The van der Waals surface area contributed by atoms with Gasteiger partial charge >= 0.3 is 5.97 Å². The highest BCUT2D eigenvalue weighted by Crippen LogP contribution is 2.36. The summed E-state index contributed by atoms with van der Waals surface area (Å²) in [6.07, 6.45) is 1.77. The number of hydrogen-bond donors (Lipinski definition) is 0. The number of carbonyl (C=O) groups excluding carboxylic acids is 2. The summed E-state index contributed by atoms with van der Waals surface area (Å²) in [7, 11) is 0. The average Bonchev–Trinajstić information content (AvgIpc) is 3.04. The molecule has 3 rings (SSSR count). The van der Waals surface area contributed by atoms with Gasteiger partial charge in [0.05, 0.1) is 29.4 Å². The lowest BCUT2D eigenvalue weighted by Crippen LogP contribution is -2.28. The van der Waals surface area contributed by atoms with E-state index < -0.39 is 5.97 Å². The zero-order valence-electron chi connectivity index (χ0n) is 17.6. The highest BCUT2D eigenvalue weighted by molar-refractivity contribution is 8.18. The van der Waals surface area contributed by atoms with Crippen LogP contribution < -0.4 is 4.74 Å². The van der Waals surface area contributed by atoms with Crippen LogP contribution in [-0.2, 0) is 9.53 Å². The molecule has 0 atom stereocenters. The van der Waals surface area contributed by atoms with Crippen LogP contribution in [0, 0.1) is 0 Å². The van der Waals surface area contributed by atoms with E-state index in [1.807, 2.05) is 13.8 Å². The van der Waals surface area contributed by atoms with Gasteiger partial charge in [-0.1, -0.05) is 17.7 Å². The first-order valence-electron chi connectivity index (χ1n) is 9.96. The molecule has 6 nitrogen and oxygen atoms in total.